The van der Waals surface area contributed by atoms with Crippen LogP contribution in [0, 0.1) is 0 Å². The molecule has 128 valence electrons. The van der Waals surface area contributed by atoms with Crippen LogP contribution in [-0.4, -0.2) is 32.6 Å². The molecule has 3 nitrogen and oxygen atoms in total. The standard InChI is InChI=1S/C18H28O3SSi/c1-18(2,3)23(5,6)21-16-11-13(19)12-17(16)22-15-9-7-14(20-4)8-10-15/h7-10,16-17H,11-12H2,1-6H3/t16-,17-/m0/s1. The lowest BCUT2D eigenvalue weighted by molar-refractivity contribution is -0.117. The van der Waals surface area contributed by atoms with Gasteiger partial charge in [-0.2, -0.15) is 0 Å². The van der Waals surface area contributed by atoms with E-state index in [-0.39, 0.29) is 16.4 Å². The quantitative estimate of drug-likeness (QED) is 0.705. The maximum absolute atomic E-state index is 12.0. The van der Waals surface area contributed by atoms with Crippen molar-refractivity contribution in [2.24, 2.45) is 0 Å². The van der Waals surface area contributed by atoms with Gasteiger partial charge >= 0.3 is 0 Å². The van der Waals surface area contributed by atoms with Crippen molar-refractivity contribution in [3.8, 4) is 5.75 Å². The zero-order chi connectivity index (χ0) is 17.3. The van der Waals surface area contributed by atoms with E-state index in [1.165, 1.54) is 0 Å². The van der Waals surface area contributed by atoms with Crippen LogP contribution in [0.1, 0.15) is 33.6 Å². The molecule has 2 atom stereocenters. The molecule has 0 aromatic heterocycles. The lowest BCUT2D eigenvalue weighted by Crippen LogP contribution is -2.45. The molecule has 0 spiro atoms. The average Bonchev–Trinajstić information content (AvgIpc) is 2.77. The highest BCUT2D eigenvalue weighted by Crippen LogP contribution is 2.42. The van der Waals surface area contributed by atoms with Gasteiger partial charge in [-0.05, 0) is 42.4 Å². The van der Waals surface area contributed by atoms with Gasteiger partial charge in [-0.15, -0.1) is 11.8 Å². The van der Waals surface area contributed by atoms with E-state index in [0.29, 0.717) is 18.6 Å². The van der Waals surface area contributed by atoms with Crippen molar-refractivity contribution in [3.63, 3.8) is 0 Å². The Bertz CT molecular complexity index is 548. The molecule has 1 saturated carbocycles. The van der Waals surface area contributed by atoms with Crippen LogP contribution < -0.4 is 4.74 Å². The summed E-state index contributed by atoms with van der Waals surface area (Å²) in [6, 6.07) is 8.02. The number of hydrogen-bond donors (Lipinski definition) is 0. The third kappa shape index (κ3) is 4.61. The summed E-state index contributed by atoms with van der Waals surface area (Å²) in [5.41, 5.74) is 0. The lowest BCUT2D eigenvalue weighted by Gasteiger charge is -2.39. The molecule has 0 saturated heterocycles. The minimum atomic E-state index is -1.86. The average molecular weight is 353 g/mol. The number of rotatable bonds is 5. The first-order valence-electron chi connectivity index (χ1n) is 8.12. The molecular weight excluding hydrogens is 324 g/mol. The Morgan fingerprint density at radius 2 is 1.74 bits per heavy atom. The van der Waals surface area contributed by atoms with E-state index in [4.69, 9.17) is 9.16 Å². The first-order valence-corrected chi connectivity index (χ1v) is 11.9. The van der Waals surface area contributed by atoms with Crippen molar-refractivity contribution in [2.45, 2.75) is 68.0 Å². The van der Waals surface area contributed by atoms with Crippen molar-refractivity contribution in [1.82, 2.24) is 0 Å². The highest BCUT2D eigenvalue weighted by molar-refractivity contribution is 8.00. The second-order valence-corrected chi connectivity index (χ2v) is 13.8. The fourth-order valence-electron chi connectivity index (χ4n) is 2.41. The van der Waals surface area contributed by atoms with E-state index in [1.807, 2.05) is 12.1 Å². The highest BCUT2D eigenvalue weighted by atomic mass is 32.2. The van der Waals surface area contributed by atoms with Gasteiger partial charge < -0.3 is 9.16 Å². The zero-order valence-corrected chi connectivity index (χ0v) is 16.8. The van der Waals surface area contributed by atoms with E-state index in [9.17, 15) is 4.79 Å². The summed E-state index contributed by atoms with van der Waals surface area (Å²) in [4.78, 5) is 13.2. The van der Waals surface area contributed by atoms with Crippen LogP contribution >= 0.6 is 11.8 Å². The molecule has 1 fully saturated rings. The van der Waals surface area contributed by atoms with Crippen molar-refractivity contribution < 1.29 is 14.0 Å². The molecule has 1 aromatic rings. The number of methoxy groups -OCH3 is 1. The summed E-state index contributed by atoms with van der Waals surface area (Å²) in [6.07, 6.45) is 1.20. The second kappa shape index (κ2) is 6.99. The Hall–Kier alpha value is -0.783. The van der Waals surface area contributed by atoms with Gasteiger partial charge in [0.2, 0.25) is 0 Å². The lowest BCUT2D eigenvalue weighted by atomic mass is 10.2. The molecule has 0 bridgehead atoms. The molecule has 0 heterocycles. The van der Waals surface area contributed by atoms with Crippen LogP contribution in [0.5, 0.6) is 5.75 Å². The molecule has 2 rings (SSSR count). The molecule has 0 amide bonds. The van der Waals surface area contributed by atoms with Crippen molar-refractivity contribution >= 4 is 25.9 Å². The van der Waals surface area contributed by atoms with Crippen molar-refractivity contribution in [1.29, 1.82) is 0 Å². The topological polar surface area (TPSA) is 35.5 Å². The van der Waals surface area contributed by atoms with E-state index < -0.39 is 8.32 Å². The van der Waals surface area contributed by atoms with Crippen LogP contribution in [0.15, 0.2) is 29.2 Å². The van der Waals surface area contributed by atoms with Gasteiger partial charge in [0.25, 0.3) is 0 Å². The molecule has 0 aliphatic heterocycles. The zero-order valence-electron chi connectivity index (χ0n) is 15.0. The number of benzene rings is 1. The van der Waals surface area contributed by atoms with Gasteiger partial charge in [0.15, 0.2) is 8.32 Å². The molecule has 1 aromatic carbocycles. The molecule has 1 aliphatic carbocycles. The van der Waals surface area contributed by atoms with E-state index in [1.54, 1.807) is 18.9 Å². The summed E-state index contributed by atoms with van der Waals surface area (Å²) in [5.74, 6) is 1.17. The third-order valence-electron chi connectivity index (χ3n) is 4.87. The molecule has 1 aliphatic rings. The van der Waals surface area contributed by atoms with Crippen LogP contribution in [0.3, 0.4) is 0 Å². The number of hydrogen-bond acceptors (Lipinski definition) is 4. The Morgan fingerprint density at radius 3 is 2.26 bits per heavy atom. The molecule has 0 N–H and O–H groups in total. The van der Waals surface area contributed by atoms with Gasteiger partial charge in [-0.1, -0.05) is 20.8 Å². The minimum absolute atomic E-state index is 0.0375. The number of ether oxygens (including phenoxy) is 1. The number of ketones is 1. The van der Waals surface area contributed by atoms with Gasteiger partial charge in [-0.3, -0.25) is 4.79 Å². The SMILES string of the molecule is COc1ccc(S[C@H]2CC(=O)C[C@@H]2O[Si](C)(C)C(C)(C)C)cc1. The predicted molar refractivity (Wildman–Crippen MR) is 99.0 cm³/mol. The van der Waals surface area contributed by atoms with E-state index in [2.05, 4.69) is 46.0 Å². The van der Waals surface area contributed by atoms with Gasteiger partial charge in [0.05, 0.1) is 13.2 Å². The summed E-state index contributed by atoms with van der Waals surface area (Å²) in [6.45, 7) is 11.2. The van der Waals surface area contributed by atoms with Crippen LogP contribution in [-0.2, 0) is 9.22 Å². The third-order valence-corrected chi connectivity index (χ3v) is 10.7. The van der Waals surface area contributed by atoms with Gasteiger partial charge in [-0.25, -0.2) is 0 Å². The molecular formula is C18H28O3SSi. The van der Waals surface area contributed by atoms with E-state index in [0.717, 1.165) is 10.6 Å². The van der Waals surface area contributed by atoms with Crippen LogP contribution in [0.2, 0.25) is 18.1 Å². The fraction of sp³-hybridized carbons (Fsp3) is 0.611. The maximum atomic E-state index is 12.0. The summed E-state index contributed by atoms with van der Waals surface area (Å²) in [5, 5.41) is 0.374. The van der Waals surface area contributed by atoms with Crippen molar-refractivity contribution in [2.75, 3.05) is 7.11 Å². The molecule has 23 heavy (non-hydrogen) atoms. The Balaban J connectivity index is 2.08. The minimum Gasteiger partial charge on any atom is -0.497 e. The molecule has 0 unspecified atom stereocenters. The monoisotopic (exact) mass is 352 g/mol. The van der Waals surface area contributed by atoms with Gasteiger partial charge in [0.1, 0.15) is 11.5 Å². The first-order chi connectivity index (χ1) is 10.6. The summed E-state index contributed by atoms with van der Waals surface area (Å²) in [7, 11) is -0.191. The highest BCUT2D eigenvalue weighted by Gasteiger charge is 2.43. The largest absolute Gasteiger partial charge is 0.497 e. The second-order valence-electron chi connectivity index (χ2n) is 7.70. The van der Waals surface area contributed by atoms with Crippen molar-refractivity contribution in [3.05, 3.63) is 24.3 Å². The summed E-state index contributed by atoms with van der Waals surface area (Å²) < 4.78 is 11.7. The van der Waals surface area contributed by atoms with Crippen LogP contribution in [0.4, 0.5) is 0 Å². The Morgan fingerprint density at radius 1 is 1.13 bits per heavy atom. The summed E-state index contributed by atoms with van der Waals surface area (Å²) >= 11 is 1.75. The Labute approximate surface area is 145 Å². The first kappa shape index (κ1) is 18.6. The smallest absolute Gasteiger partial charge is 0.192 e. The van der Waals surface area contributed by atoms with Crippen LogP contribution in [0.25, 0.3) is 0 Å². The normalized spacial score (nSPS) is 22.4. The van der Waals surface area contributed by atoms with Gasteiger partial charge in [0, 0.05) is 23.0 Å². The fourth-order valence-corrected chi connectivity index (χ4v) is 5.09. The predicted octanol–water partition coefficient (Wildman–Crippen LogP) is 4.91. The number of Topliss-reactive ketones (excluding diaryl/α,β-unsaturated/α-hetero) is 1. The van der Waals surface area contributed by atoms with E-state index >= 15 is 0 Å². The Kier molecular flexibility index (Phi) is 5.64. The number of carbonyl (C=O) groups is 1. The number of carbonyl (C=O) groups excluding carboxylic acids is 1. The molecule has 0 radical (unpaired) electrons. The number of thioether (sulfide) groups is 1. The maximum Gasteiger partial charge on any atom is 0.192 e. The molecule has 5 heteroatoms.